The van der Waals surface area contributed by atoms with E-state index in [1.54, 1.807) is 4.68 Å². The van der Waals surface area contributed by atoms with Crippen molar-refractivity contribution in [3.05, 3.63) is 17.5 Å². The third-order valence-corrected chi connectivity index (χ3v) is 3.59. The number of amides is 1. The summed E-state index contributed by atoms with van der Waals surface area (Å²) in [5, 5.41) is 7.18. The van der Waals surface area contributed by atoms with Crippen molar-refractivity contribution in [1.29, 1.82) is 0 Å². The Bertz CT molecular complexity index is 410. The minimum absolute atomic E-state index is 0.0121. The number of nitrogens with zero attached hydrogens (tertiary/aromatic N) is 2. The molecule has 5 heteroatoms. The number of aromatic nitrogens is 2. The van der Waals surface area contributed by atoms with Gasteiger partial charge in [0, 0.05) is 19.1 Å². The summed E-state index contributed by atoms with van der Waals surface area (Å²) in [6.45, 7) is 9.32. The van der Waals surface area contributed by atoms with E-state index in [-0.39, 0.29) is 11.9 Å². The first-order chi connectivity index (χ1) is 9.03. The SMILES string of the molecule is CCC(CC)C(N)CNC(=O)c1cc(C)nn1CC. The monoisotopic (exact) mass is 266 g/mol. The highest BCUT2D eigenvalue weighted by Crippen LogP contribution is 2.11. The number of rotatable bonds is 7. The van der Waals surface area contributed by atoms with E-state index >= 15 is 0 Å². The van der Waals surface area contributed by atoms with Gasteiger partial charge in [0.15, 0.2) is 0 Å². The molecule has 5 nitrogen and oxygen atoms in total. The van der Waals surface area contributed by atoms with Crippen molar-refractivity contribution >= 4 is 5.91 Å². The van der Waals surface area contributed by atoms with E-state index in [2.05, 4.69) is 24.3 Å². The normalized spacial score (nSPS) is 12.7. The van der Waals surface area contributed by atoms with E-state index in [0.29, 0.717) is 24.7 Å². The molecule has 108 valence electrons. The summed E-state index contributed by atoms with van der Waals surface area (Å²) < 4.78 is 1.72. The maximum atomic E-state index is 12.1. The molecule has 1 rings (SSSR count). The molecule has 0 aliphatic rings. The Balaban J connectivity index is 2.60. The van der Waals surface area contributed by atoms with E-state index in [1.807, 2.05) is 19.9 Å². The molecule has 0 aliphatic heterocycles. The number of nitrogens with one attached hydrogen (secondary N) is 1. The summed E-state index contributed by atoms with van der Waals surface area (Å²) in [7, 11) is 0. The van der Waals surface area contributed by atoms with Crippen molar-refractivity contribution < 1.29 is 4.79 Å². The number of hydrogen-bond acceptors (Lipinski definition) is 3. The Hall–Kier alpha value is -1.36. The van der Waals surface area contributed by atoms with Crippen molar-refractivity contribution in [1.82, 2.24) is 15.1 Å². The van der Waals surface area contributed by atoms with Crippen molar-refractivity contribution in [2.75, 3.05) is 6.54 Å². The van der Waals surface area contributed by atoms with Crippen LogP contribution in [0.1, 0.15) is 49.8 Å². The fourth-order valence-corrected chi connectivity index (χ4v) is 2.33. The molecule has 0 saturated carbocycles. The summed E-state index contributed by atoms with van der Waals surface area (Å²) in [6.07, 6.45) is 2.08. The van der Waals surface area contributed by atoms with Crippen molar-refractivity contribution in [3.8, 4) is 0 Å². The second kappa shape index (κ2) is 7.28. The lowest BCUT2D eigenvalue weighted by molar-refractivity contribution is 0.0937. The molecule has 0 aromatic carbocycles. The molecular weight excluding hydrogens is 240 g/mol. The van der Waals surface area contributed by atoms with Gasteiger partial charge in [0.1, 0.15) is 5.69 Å². The predicted molar refractivity (Wildman–Crippen MR) is 77.0 cm³/mol. The standard InChI is InChI=1S/C14H26N4O/c1-5-11(6-2)12(15)9-16-14(19)13-8-10(4)17-18(13)7-3/h8,11-12H,5-7,9,15H2,1-4H3,(H,16,19). The molecule has 1 amide bonds. The van der Waals surface area contributed by atoms with Crippen LogP contribution in [0.2, 0.25) is 0 Å². The topological polar surface area (TPSA) is 72.9 Å². The summed E-state index contributed by atoms with van der Waals surface area (Å²) in [6, 6.07) is 1.82. The molecule has 1 atom stereocenters. The molecule has 0 saturated heterocycles. The first-order valence-corrected chi connectivity index (χ1v) is 7.11. The molecule has 1 unspecified atom stereocenters. The van der Waals surface area contributed by atoms with Crippen LogP contribution in [0.15, 0.2) is 6.07 Å². The van der Waals surface area contributed by atoms with Crippen LogP contribution in [-0.4, -0.2) is 28.3 Å². The molecule has 0 radical (unpaired) electrons. The Morgan fingerprint density at radius 2 is 2.05 bits per heavy atom. The summed E-state index contributed by atoms with van der Waals surface area (Å²) >= 11 is 0. The molecule has 0 aliphatic carbocycles. The largest absolute Gasteiger partial charge is 0.349 e. The fourth-order valence-electron chi connectivity index (χ4n) is 2.33. The van der Waals surface area contributed by atoms with E-state index in [0.717, 1.165) is 18.5 Å². The van der Waals surface area contributed by atoms with Gasteiger partial charge < -0.3 is 11.1 Å². The second-order valence-electron chi connectivity index (χ2n) is 4.94. The van der Waals surface area contributed by atoms with Crippen LogP contribution < -0.4 is 11.1 Å². The van der Waals surface area contributed by atoms with E-state index in [9.17, 15) is 4.79 Å². The zero-order chi connectivity index (χ0) is 14.4. The van der Waals surface area contributed by atoms with Gasteiger partial charge in [0.05, 0.1) is 5.69 Å². The van der Waals surface area contributed by atoms with Crippen LogP contribution >= 0.6 is 0 Å². The number of carbonyl (C=O) groups is 1. The van der Waals surface area contributed by atoms with Gasteiger partial charge in [-0.3, -0.25) is 9.48 Å². The van der Waals surface area contributed by atoms with Crippen molar-refractivity contribution in [2.45, 2.75) is 53.1 Å². The van der Waals surface area contributed by atoms with Gasteiger partial charge in [-0.2, -0.15) is 5.10 Å². The van der Waals surface area contributed by atoms with Gasteiger partial charge in [-0.25, -0.2) is 0 Å². The van der Waals surface area contributed by atoms with Gasteiger partial charge >= 0.3 is 0 Å². The van der Waals surface area contributed by atoms with Crippen LogP contribution in [-0.2, 0) is 6.54 Å². The van der Waals surface area contributed by atoms with E-state index in [4.69, 9.17) is 5.73 Å². The highest BCUT2D eigenvalue weighted by atomic mass is 16.2. The molecule has 3 N–H and O–H groups in total. The smallest absolute Gasteiger partial charge is 0.269 e. The zero-order valence-corrected chi connectivity index (χ0v) is 12.4. The zero-order valence-electron chi connectivity index (χ0n) is 12.4. The molecular formula is C14H26N4O. The fraction of sp³-hybridized carbons (Fsp3) is 0.714. The van der Waals surface area contributed by atoms with Gasteiger partial charge in [0.2, 0.25) is 0 Å². The Morgan fingerprint density at radius 3 is 2.58 bits per heavy atom. The predicted octanol–water partition coefficient (Wildman–Crippen LogP) is 1.70. The van der Waals surface area contributed by atoms with Gasteiger partial charge in [-0.15, -0.1) is 0 Å². The molecule has 1 aromatic rings. The van der Waals surface area contributed by atoms with Crippen LogP contribution in [0.5, 0.6) is 0 Å². The van der Waals surface area contributed by atoms with Gasteiger partial charge in [0.25, 0.3) is 5.91 Å². The molecule has 0 bridgehead atoms. The maximum absolute atomic E-state index is 12.1. The second-order valence-corrected chi connectivity index (χ2v) is 4.94. The van der Waals surface area contributed by atoms with Crippen molar-refractivity contribution in [3.63, 3.8) is 0 Å². The van der Waals surface area contributed by atoms with Crippen molar-refractivity contribution in [2.24, 2.45) is 11.7 Å². The molecule has 1 heterocycles. The Kier molecular flexibility index (Phi) is 6.02. The lowest BCUT2D eigenvalue weighted by Crippen LogP contribution is -2.42. The summed E-state index contributed by atoms with van der Waals surface area (Å²) in [5.74, 6) is 0.363. The van der Waals surface area contributed by atoms with E-state index in [1.165, 1.54) is 0 Å². The van der Waals surface area contributed by atoms with Gasteiger partial charge in [-0.05, 0) is 25.8 Å². The lowest BCUT2D eigenvalue weighted by Gasteiger charge is -2.21. The number of hydrogen-bond donors (Lipinski definition) is 2. The Morgan fingerprint density at radius 1 is 1.42 bits per heavy atom. The number of nitrogens with two attached hydrogens (primary N) is 1. The minimum atomic E-state index is -0.0937. The average Bonchev–Trinajstić information content (AvgIpc) is 2.78. The van der Waals surface area contributed by atoms with Crippen LogP contribution in [0.3, 0.4) is 0 Å². The molecule has 19 heavy (non-hydrogen) atoms. The first-order valence-electron chi connectivity index (χ1n) is 7.11. The molecule has 0 spiro atoms. The summed E-state index contributed by atoms with van der Waals surface area (Å²) in [4.78, 5) is 12.1. The lowest BCUT2D eigenvalue weighted by atomic mass is 9.95. The Labute approximate surface area is 115 Å². The van der Waals surface area contributed by atoms with Gasteiger partial charge in [-0.1, -0.05) is 26.7 Å². The average molecular weight is 266 g/mol. The van der Waals surface area contributed by atoms with Crippen LogP contribution in [0.25, 0.3) is 0 Å². The van der Waals surface area contributed by atoms with Crippen LogP contribution in [0.4, 0.5) is 0 Å². The molecule has 0 fully saturated rings. The number of aryl methyl sites for hydroxylation is 2. The first kappa shape index (κ1) is 15.7. The number of carbonyl (C=O) groups excluding carboxylic acids is 1. The minimum Gasteiger partial charge on any atom is -0.349 e. The third-order valence-electron chi connectivity index (χ3n) is 3.59. The quantitative estimate of drug-likeness (QED) is 0.789. The van der Waals surface area contributed by atoms with E-state index < -0.39 is 0 Å². The summed E-state index contributed by atoms with van der Waals surface area (Å²) in [5.41, 5.74) is 7.57. The molecule has 1 aromatic heterocycles. The van der Waals surface area contributed by atoms with Crippen LogP contribution in [0, 0.1) is 12.8 Å². The highest BCUT2D eigenvalue weighted by molar-refractivity contribution is 5.92. The third kappa shape index (κ3) is 4.06. The highest BCUT2D eigenvalue weighted by Gasteiger charge is 2.17. The maximum Gasteiger partial charge on any atom is 0.269 e.